The highest BCUT2D eigenvalue weighted by molar-refractivity contribution is 6.31. The molecule has 0 saturated heterocycles. The molecule has 4 N–H and O–H groups in total. The van der Waals surface area contributed by atoms with Crippen LogP contribution >= 0.6 is 11.6 Å². The van der Waals surface area contributed by atoms with Gasteiger partial charge in [-0.3, -0.25) is 0 Å². The van der Waals surface area contributed by atoms with E-state index in [1.165, 1.54) is 0 Å². The normalized spacial score (nSPS) is 14.6. The van der Waals surface area contributed by atoms with Gasteiger partial charge in [0.15, 0.2) is 0 Å². The van der Waals surface area contributed by atoms with Gasteiger partial charge in [0.05, 0.1) is 25.4 Å². The second-order valence-electron chi connectivity index (χ2n) is 6.59. The minimum Gasteiger partial charge on any atom is -0.494 e. The molecule has 2 aromatic carbocycles. The van der Waals surface area contributed by atoms with Gasteiger partial charge in [-0.2, -0.15) is 0 Å². The highest BCUT2D eigenvalue weighted by atomic mass is 35.5. The van der Waals surface area contributed by atoms with Gasteiger partial charge in [0, 0.05) is 11.4 Å². The van der Waals surface area contributed by atoms with Gasteiger partial charge in [-0.1, -0.05) is 35.9 Å². The summed E-state index contributed by atoms with van der Waals surface area (Å²) in [6.45, 7) is 2.03. The van der Waals surface area contributed by atoms with E-state index in [4.69, 9.17) is 21.4 Å². The number of aliphatic hydroxyl groups is 4. The Morgan fingerprint density at radius 1 is 0.963 bits per heavy atom. The number of rotatable bonds is 10. The van der Waals surface area contributed by atoms with Crippen molar-refractivity contribution < 1.29 is 25.2 Å². The van der Waals surface area contributed by atoms with Gasteiger partial charge in [-0.15, -0.1) is 0 Å². The van der Waals surface area contributed by atoms with Gasteiger partial charge in [-0.25, -0.2) is 0 Å². The summed E-state index contributed by atoms with van der Waals surface area (Å²) in [5, 5.41) is 38.8. The summed E-state index contributed by atoms with van der Waals surface area (Å²) < 4.78 is 5.45. The molecule has 0 aromatic heterocycles. The molecule has 148 valence electrons. The van der Waals surface area contributed by atoms with Gasteiger partial charge in [0.1, 0.15) is 11.9 Å². The number of aliphatic hydroxyl groups excluding tert-OH is 4. The van der Waals surface area contributed by atoms with E-state index in [2.05, 4.69) is 0 Å². The minimum atomic E-state index is -1.25. The predicted octanol–water partition coefficient (Wildman–Crippen LogP) is 2.34. The number of ether oxygens (including phenoxy) is 1. The zero-order valence-corrected chi connectivity index (χ0v) is 16.1. The van der Waals surface area contributed by atoms with E-state index in [1.54, 1.807) is 6.07 Å². The molecule has 2 rings (SSSR count). The Hall–Kier alpha value is -1.63. The average molecular weight is 395 g/mol. The van der Waals surface area contributed by atoms with Crippen molar-refractivity contribution in [3.05, 3.63) is 64.2 Å². The van der Waals surface area contributed by atoms with E-state index in [1.807, 2.05) is 43.3 Å². The van der Waals surface area contributed by atoms with Crippen molar-refractivity contribution in [2.24, 2.45) is 0 Å². The average Bonchev–Trinajstić information content (AvgIpc) is 2.65. The highest BCUT2D eigenvalue weighted by Gasteiger charge is 2.19. The maximum Gasteiger partial charge on any atom is 0.119 e. The first kappa shape index (κ1) is 21.7. The fraction of sp³-hybridized carbons (Fsp3) is 0.429. The lowest BCUT2D eigenvalue weighted by Crippen LogP contribution is -2.33. The Bertz CT molecular complexity index is 704. The van der Waals surface area contributed by atoms with Crippen LogP contribution in [-0.4, -0.2) is 52.0 Å². The van der Waals surface area contributed by atoms with Crippen LogP contribution in [-0.2, 0) is 12.8 Å². The lowest BCUT2D eigenvalue weighted by atomic mass is 9.97. The maximum absolute atomic E-state index is 10.1. The van der Waals surface area contributed by atoms with Crippen LogP contribution in [0.4, 0.5) is 0 Å². The smallest absolute Gasteiger partial charge is 0.119 e. The number of hydrogen-bond donors (Lipinski definition) is 4. The third-order valence-corrected chi connectivity index (χ3v) is 4.72. The number of hydrogen-bond acceptors (Lipinski definition) is 5. The molecule has 0 aliphatic heterocycles. The molecule has 0 aliphatic rings. The molecular weight excluding hydrogens is 368 g/mol. The molecule has 0 unspecified atom stereocenters. The Labute approximate surface area is 164 Å². The van der Waals surface area contributed by atoms with Gasteiger partial charge in [-0.05, 0) is 54.7 Å². The van der Waals surface area contributed by atoms with Crippen molar-refractivity contribution in [1.29, 1.82) is 0 Å². The molecule has 0 aliphatic carbocycles. The zero-order chi connectivity index (χ0) is 19.8. The van der Waals surface area contributed by atoms with Crippen molar-refractivity contribution >= 4 is 11.6 Å². The van der Waals surface area contributed by atoms with Crippen LogP contribution in [0.15, 0.2) is 42.5 Å². The first-order valence-corrected chi connectivity index (χ1v) is 9.44. The third-order valence-electron chi connectivity index (χ3n) is 4.36. The maximum atomic E-state index is 10.1. The Kier molecular flexibility index (Phi) is 8.54. The lowest BCUT2D eigenvalue weighted by Gasteiger charge is -2.19. The van der Waals surface area contributed by atoms with Crippen molar-refractivity contribution in [3.8, 4) is 5.75 Å². The molecule has 0 spiro atoms. The van der Waals surface area contributed by atoms with Crippen LogP contribution in [0, 0.1) is 0 Å². The summed E-state index contributed by atoms with van der Waals surface area (Å²) in [6.07, 6.45) is -2.29. The fourth-order valence-electron chi connectivity index (χ4n) is 2.89. The molecule has 0 amide bonds. The van der Waals surface area contributed by atoms with E-state index in [0.717, 1.165) is 22.4 Å². The van der Waals surface area contributed by atoms with E-state index in [0.29, 0.717) is 24.5 Å². The van der Waals surface area contributed by atoms with E-state index >= 15 is 0 Å². The zero-order valence-electron chi connectivity index (χ0n) is 15.4. The molecule has 0 radical (unpaired) electrons. The van der Waals surface area contributed by atoms with E-state index in [9.17, 15) is 15.3 Å². The first-order valence-electron chi connectivity index (χ1n) is 9.07. The minimum absolute atomic E-state index is 0.0153. The molecule has 0 fully saturated rings. The monoisotopic (exact) mass is 394 g/mol. The summed E-state index contributed by atoms with van der Waals surface area (Å²) in [7, 11) is 0. The van der Waals surface area contributed by atoms with Crippen LogP contribution in [0.1, 0.15) is 30.0 Å². The molecular formula is C21H27ClO5. The SMILES string of the molecule is CCOc1ccc(Cc2cc(C[C@H](O)C[C@H](O)[C@H](O)CO)ccc2Cl)cc1. The van der Waals surface area contributed by atoms with Crippen LogP contribution in [0.3, 0.4) is 0 Å². The fourth-order valence-corrected chi connectivity index (χ4v) is 3.08. The van der Waals surface area contributed by atoms with E-state index in [-0.39, 0.29) is 6.42 Å². The Morgan fingerprint density at radius 3 is 2.26 bits per heavy atom. The Morgan fingerprint density at radius 2 is 1.63 bits per heavy atom. The summed E-state index contributed by atoms with van der Waals surface area (Å²) in [5.74, 6) is 0.827. The topological polar surface area (TPSA) is 90.2 Å². The van der Waals surface area contributed by atoms with Gasteiger partial charge in [0.2, 0.25) is 0 Å². The van der Waals surface area contributed by atoms with Gasteiger partial charge < -0.3 is 25.2 Å². The van der Waals surface area contributed by atoms with Crippen LogP contribution in [0.25, 0.3) is 0 Å². The Balaban J connectivity index is 2.02. The molecule has 6 heteroatoms. The molecule has 2 aromatic rings. The van der Waals surface area contributed by atoms with E-state index < -0.39 is 24.9 Å². The van der Waals surface area contributed by atoms with Crippen molar-refractivity contribution in [1.82, 2.24) is 0 Å². The first-order chi connectivity index (χ1) is 12.9. The van der Waals surface area contributed by atoms with Crippen LogP contribution in [0.2, 0.25) is 5.02 Å². The molecule has 0 saturated carbocycles. The molecule has 5 nitrogen and oxygen atoms in total. The lowest BCUT2D eigenvalue weighted by molar-refractivity contribution is -0.0361. The molecule has 0 heterocycles. The molecule has 27 heavy (non-hydrogen) atoms. The van der Waals surface area contributed by atoms with Gasteiger partial charge >= 0.3 is 0 Å². The molecule has 3 atom stereocenters. The second kappa shape index (κ2) is 10.6. The predicted molar refractivity (Wildman–Crippen MR) is 105 cm³/mol. The van der Waals surface area contributed by atoms with Crippen molar-refractivity contribution in [3.63, 3.8) is 0 Å². The summed E-state index contributed by atoms with van der Waals surface area (Å²) in [5.41, 5.74) is 2.93. The molecule has 0 bridgehead atoms. The van der Waals surface area contributed by atoms with Crippen LogP contribution < -0.4 is 4.74 Å². The quantitative estimate of drug-likeness (QED) is 0.496. The summed E-state index contributed by atoms with van der Waals surface area (Å²) >= 11 is 6.32. The second-order valence-corrected chi connectivity index (χ2v) is 7.00. The largest absolute Gasteiger partial charge is 0.494 e. The van der Waals surface area contributed by atoms with Crippen LogP contribution in [0.5, 0.6) is 5.75 Å². The standard InChI is InChI=1S/C21H27ClO5/c1-2-27-18-6-3-14(4-7-18)9-16-10-15(5-8-19(16)22)11-17(24)12-20(25)21(26)13-23/h3-8,10,17,20-21,23-26H,2,9,11-13H2,1H3/t17-,20-,21+/m0/s1. The highest BCUT2D eigenvalue weighted by Crippen LogP contribution is 2.23. The summed E-state index contributed by atoms with van der Waals surface area (Å²) in [6, 6.07) is 13.4. The number of halogens is 1. The number of benzene rings is 2. The summed E-state index contributed by atoms with van der Waals surface area (Å²) in [4.78, 5) is 0. The van der Waals surface area contributed by atoms with Gasteiger partial charge in [0.25, 0.3) is 0 Å². The third kappa shape index (κ3) is 6.79. The van der Waals surface area contributed by atoms with Crippen molar-refractivity contribution in [2.45, 2.75) is 44.5 Å². The van der Waals surface area contributed by atoms with Crippen molar-refractivity contribution in [2.75, 3.05) is 13.2 Å².